The van der Waals surface area contributed by atoms with Crippen LogP contribution in [0.4, 0.5) is 0 Å². The van der Waals surface area contributed by atoms with E-state index in [1.807, 2.05) is 0 Å². The highest BCUT2D eigenvalue weighted by Crippen LogP contribution is 2.25. The maximum absolute atomic E-state index is 12.2. The Balaban J connectivity index is 2.33. The number of phenolic OH excluding ortho intramolecular Hbond substituents is 1. The van der Waals surface area contributed by atoms with Crippen LogP contribution in [0.15, 0.2) is 36.4 Å². The van der Waals surface area contributed by atoms with Gasteiger partial charge in [-0.3, -0.25) is 0 Å². The van der Waals surface area contributed by atoms with Gasteiger partial charge in [0.1, 0.15) is 11.5 Å². The number of hydrogen-bond acceptors (Lipinski definition) is 5. The molecule has 2 rings (SSSR count). The molecular weight excluding hydrogens is 284 g/mol. The first-order valence-corrected chi connectivity index (χ1v) is 6.64. The molecule has 0 unspecified atom stereocenters. The SMILES string of the molecule is COC(=O)c1cccc(OC(=O)c2cccc(O)c2C)c1C. The van der Waals surface area contributed by atoms with E-state index < -0.39 is 11.9 Å². The number of hydrogen-bond donors (Lipinski definition) is 1. The summed E-state index contributed by atoms with van der Waals surface area (Å²) >= 11 is 0. The number of benzene rings is 2. The van der Waals surface area contributed by atoms with Crippen molar-refractivity contribution in [2.24, 2.45) is 0 Å². The van der Waals surface area contributed by atoms with Crippen molar-refractivity contribution < 1.29 is 24.2 Å². The quantitative estimate of drug-likeness (QED) is 0.697. The summed E-state index contributed by atoms with van der Waals surface area (Å²) in [5.74, 6) is -0.799. The van der Waals surface area contributed by atoms with Crippen molar-refractivity contribution in [3.8, 4) is 11.5 Å². The zero-order valence-corrected chi connectivity index (χ0v) is 12.5. The molecule has 0 aliphatic carbocycles. The van der Waals surface area contributed by atoms with Crippen LogP contribution in [-0.2, 0) is 4.74 Å². The molecule has 0 heterocycles. The molecule has 0 radical (unpaired) electrons. The summed E-state index contributed by atoms with van der Waals surface area (Å²) in [4.78, 5) is 23.9. The molecule has 114 valence electrons. The van der Waals surface area contributed by atoms with E-state index in [1.54, 1.807) is 44.2 Å². The Kier molecular flexibility index (Phi) is 4.46. The fourth-order valence-corrected chi connectivity index (χ4v) is 2.06. The lowest BCUT2D eigenvalue weighted by molar-refractivity contribution is 0.0596. The number of methoxy groups -OCH3 is 1. The van der Waals surface area contributed by atoms with Gasteiger partial charge in [-0.1, -0.05) is 12.1 Å². The molecule has 0 aliphatic rings. The minimum atomic E-state index is -0.599. The van der Waals surface area contributed by atoms with E-state index in [2.05, 4.69) is 4.74 Å². The highest BCUT2D eigenvalue weighted by molar-refractivity contribution is 5.95. The molecule has 1 N–H and O–H groups in total. The van der Waals surface area contributed by atoms with Gasteiger partial charge in [0.05, 0.1) is 18.2 Å². The minimum Gasteiger partial charge on any atom is -0.508 e. The molecule has 5 nitrogen and oxygen atoms in total. The fraction of sp³-hybridized carbons (Fsp3) is 0.176. The van der Waals surface area contributed by atoms with Crippen molar-refractivity contribution in [3.05, 3.63) is 58.7 Å². The van der Waals surface area contributed by atoms with E-state index in [9.17, 15) is 14.7 Å². The number of carbonyl (C=O) groups excluding carboxylic acids is 2. The molecule has 2 aromatic rings. The van der Waals surface area contributed by atoms with Crippen LogP contribution in [0.1, 0.15) is 31.8 Å². The normalized spacial score (nSPS) is 10.1. The predicted octanol–water partition coefficient (Wildman–Crippen LogP) is 3.01. The average molecular weight is 300 g/mol. The van der Waals surface area contributed by atoms with Crippen LogP contribution in [0.2, 0.25) is 0 Å². The van der Waals surface area contributed by atoms with Gasteiger partial charge in [-0.15, -0.1) is 0 Å². The van der Waals surface area contributed by atoms with Crippen molar-refractivity contribution in [1.82, 2.24) is 0 Å². The Labute approximate surface area is 128 Å². The van der Waals surface area contributed by atoms with Crippen LogP contribution < -0.4 is 4.74 Å². The second kappa shape index (κ2) is 6.30. The van der Waals surface area contributed by atoms with Crippen LogP contribution in [0.3, 0.4) is 0 Å². The largest absolute Gasteiger partial charge is 0.508 e. The number of esters is 2. The zero-order valence-electron chi connectivity index (χ0n) is 12.5. The molecule has 0 bridgehead atoms. The molecule has 0 aliphatic heterocycles. The maximum Gasteiger partial charge on any atom is 0.343 e. The van der Waals surface area contributed by atoms with Crippen molar-refractivity contribution in [2.45, 2.75) is 13.8 Å². The Hall–Kier alpha value is -2.82. The standard InChI is InChI=1S/C17H16O5/c1-10-12(6-4-8-14(10)18)17(20)22-15-9-5-7-13(11(15)2)16(19)21-3/h4-9,18H,1-3H3. The molecule has 22 heavy (non-hydrogen) atoms. The molecule has 0 fully saturated rings. The Morgan fingerprint density at radius 2 is 1.50 bits per heavy atom. The summed E-state index contributed by atoms with van der Waals surface area (Å²) in [6, 6.07) is 9.43. The van der Waals surface area contributed by atoms with E-state index in [-0.39, 0.29) is 17.1 Å². The lowest BCUT2D eigenvalue weighted by atomic mass is 10.1. The number of aromatic hydroxyl groups is 1. The first-order chi connectivity index (χ1) is 10.5. The zero-order chi connectivity index (χ0) is 16.3. The third-order valence-corrected chi connectivity index (χ3v) is 3.42. The highest BCUT2D eigenvalue weighted by atomic mass is 16.5. The average Bonchev–Trinajstić information content (AvgIpc) is 2.51. The monoisotopic (exact) mass is 300 g/mol. The van der Waals surface area contributed by atoms with E-state index in [0.29, 0.717) is 16.7 Å². The smallest absolute Gasteiger partial charge is 0.343 e. The maximum atomic E-state index is 12.2. The number of ether oxygens (including phenoxy) is 2. The van der Waals surface area contributed by atoms with Gasteiger partial charge in [0.25, 0.3) is 0 Å². The van der Waals surface area contributed by atoms with E-state index in [1.165, 1.54) is 13.2 Å². The van der Waals surface area contributed by atoms with Gasteiger partial charge in [-0.25, -0.2) is 9.59 Å². The molecule has 0 atom stereocenters. The molecular formula is C17H16O5. The highest BCUT2D eigenvalue weighted by Gasteiger charge is 2.17. The molecule has 0 spiro atoms. The lowest BCUT2D eigenvalue weighted by Crippen LogP contribution is -2.12. The Morgan fingerprint density at radius 3 is 2.14 bits per heavy atom. The Bertz CT molecular complexity index is 734. The van der Waals surface area contributed by atoms with Gasteiger partial charge >= 0.3 is 11.9 Å². The summed E-state index contributed by atoms with van der Waals surface area (Å²) < 4.78 is 10.0. The van der Waals surface area contributed by atoms with E-state index in [0.717, 1.165) is 0 Å². The van der Waals surface area contributed by atoms with Crippen LogP contribution >= 0.6 is 0 Å². The van der Waals surface area contributed by atoms with Gasteiger partial charge in [0.2, 0.25) is 0 Å². The summed E-state index contributed by atoms with van der Waals surface area (Å²) in [5.41, 5.74) is 1.55. The van der Waals surface area contributed by atoms with Crippen LogP contribution in [0, 0.1) is 13.8 Å². The number of rotatable bonds is 3. The molecule has 0 aromatic heterocycles. The Morgan fingerprint density at radius 1 is 0.909 bits per heavy atom. The van der Waals surface area contributed by atoms with E-state index in [4.69, 9.17) is 4.74 Å². The van der Waals surface area contributed by atoms with Crippen molar-refractivity contribution in [2.75, 3.05) is 7.11 Å². The number of carbonyl (C=O) groups is 2. The summed E-state index contributed by atoms with van der Waals surface area (Å²) in [6.45, 7) is 3.30. The van der Waals surface area contributed by atoms with Crippen molar-refractivity contribution >= 4 is 11.9 Å². The molecule has 0 saturated carbocycles. The second-order valence-corrected chi connectivity index (χ2v) is 4.76. The second-order valence-electron chi connectivity index (χ2n) is 4.76. The van der Waals surface area contributed by atoms with Crippen molar-refractivity contribution in [3.63, 3.8) is 0 Å². The van der Waals surface area contributed by atoms with Crippen LogP contribution in [0.25, 0.3) is 0 Å². The van der Waals surface area contributed by atoms with Crippen LogP contribution in [0.5, 0.6) is 11.5 Å². The molecule has 5 heteroatoms. The van der Waals surface area contributed by atoms with Gasteiger partial charge < -0.3 is 14.6 Å². The van der Waals surface area contributed by atoms with Gasteiger partial charge in [-0.2, -0.15) is 0 Å². The summed E-state index contributed by atoms with van der Waals surface area (Å²) in [7, 11) is 1.29. The topological polar surface area (TPSA) is 72.8 Å². The molecule has 0 saturated heterocycles. The van der Waals surface area contributed by atoms with Gasteiger partial charge in [0, 0.05) is 11.1 Å². The minimum absolute atomic E-state index is 0.0227. The fourth-order valence-electron chi connectivity index (χ4n) is 2.06. The number of phenols is 1. The first kappa shape index (κ1) is 15.6. The first-order valence-electron chi connectivity index (χ1n) is 6.64. The predicted molar refractivity (Wildman–Crippen MR) is 80.3 cm³/mol. The third kappa shape index (κ3) is 2.93. The molecule has 0 amide bonds. The van der Waals surface area contributed by atoms with Gasteiger partial charge in [-0.05, 0) is 38.1 Å². The summed E-state index contributed by atoms with van der Waals surface area (Å²) in [6.07, 6.45) is 0. The van der Waals surface area contributed by atoms with Crippen molar-refractivity contribution in [1.29, 1.82) is 0 Å². The molecule has 2 aromatic carbocycles. The lowest BCUT2D eigenvalue weighted by Gasteiger charge is -2.11. The third-order valence-electron chi connectivity index (χ3n) is 3.42. The van der Waals surface area contributed by atoms with Crippen LogP contribution in [-0.4, -0.2) is 24.2 Å². The van der Waals surface area contributed by atoms with Gasteiger partial charge in [0.15, 0.2) is 0 Å². The summed E-state index contributed by atoms with van der Waals surface area (Å²) in [5, 5.41) is 9.65. The van der Waals surface area contributed by atoms with E-state index >= 15 is 0 Å².